The fourth-order valence-electron chi connectivity index (χ4n) is 2.18. The largest absolute Gasteiger partial charge is 0.330 e. The van der Waals surface area contributed by atoms with Crippen LogP contribution in [0.1, 0.15) is 12.8 Å². The van der Waals surface area contributed by atoms with E-state index >= 15 is 0 Å². The number of benzene rings is 1. The van der Waals surface area contributed by atoms with E-state index in [9.17, 15) is 8.42 Å². The molecule has 1 saturated heterocycles. The highest BCUT2D eigenvalue weighted by Crippen LogP contribution is 2.22. The Morgan fingerprint density at radius 3 is 2.65 bits per heavy atom. The van der Waals surface area contributed by atoms with Crippen LogP contribution in [-0.2, 0) is 10.0 Å². The maximum absolute atomic E-state index is 12.3. The molecule has 0 amide bonds. The van der Waals surface area contributed by atoms with E-state index in [-0.39, 0.29) is 0 Å². The molecule has 0 radical (unpaired) electrons. The second-order valence-electron chi connectivity index (χ2n) is 4.42. The van der Waals surface area contributed by atoms with Crippen LogP contribution < -0.4 is 5.73 Å². The van der Waals surface area contributed by atoms with Crippen molar-refractivity contribution in [3.8, 4) is 0 Å². The van der Waals surface area contributed by atoms with Crippen molar-refractivity contribution >= 4 is 10.0 Å². The van der Waals surface area contributed by atoms with Crippen LogP contribution in [0.25, 0.3) is 0 Å². The molecule has 2 N–H and O–H groups in total. The van der Waals surface area contributed by atoms with Crippen LogP contribution in [0.3, 0.4) is 0 Å². The summed E-state index contributed by atoms with van der Waals surface area (Å²) in [6.07, 6.45) is 1.92. The third kappa shape index (κ3) is 2.68. The maximum atomic E-state index is 12.3. The molecule has 94 valence electrons. The molecule has 1 atom stereocenters. The molecule has 0 aliphatic carbocycles. The van der Waals surface area contributed by atoms with Gasteiger partial charge in [-0.25, -0.2) is 8.42 Å². The molecule has 0 saturated carbocycles. The van der Waals surface area contributed by atoms with Crippen LogP contribution in [0.4, 0.5) is 0 Å². The number of piperidine rings is 1. The number of nitrogens with two attached hydrogens (primary N) is 1. The SMILES string of the molecule is NCC1CCCN(S(=O)(=O)c2ccccc2)C1. The van der Waals surface area contributed by atoms with E-state index in [1.54, 1.807) is 28.6 Å². The zero-order valence-corrected chi connectivity index (χ0v) is 10.6. The van der Waals surface area contributed by atoms with Crippen molar-refractivity contribution < 1.29 is 8.42 Å². The summed E-state index contributed by atoms with van der Waals surface area (Å²) < 4.78 is 26.2. The van der Waals surface area contributed by atoms with Gasteiger partial charge < -0.3 is 5.73 Å². The van der Waals surface area contributed by atoms with Gasteiger partial charge in [-0.15, -0.1) is 0 Å². The molecule has 1 aliphatic rings. The minimum atomic E-state index is -3.33. The average Bonchev–Trinajstić information content (AvgIpc) is 2.40. The molecule has 2 rings (SSSR count). The Morgan fingerprint density at radius 2 is 2.00 bits per heavy atom. The molecule has 0 aromatic heterocycles. The van der Waals surface area contributed by atoms with E-state index in [2.05, 4.69) is 0 Å². The van der Waals surface area contributed by atoms with Gasteiger partial charge in [-0.1, -0.05) is 18.2 Å². The van der Waals surface area contributed by atoms with E-state index in [4.69, 9.17) is 5.73 Å². The van der Waals surface area contributed by atoms with Gasteiger partial charge in [0.15, 0.2) is 0 Å². The van der Waals surface area contributed by atoms with E-state index in [1.165, 1.54) is 0 Å². The first kappa shape index (κ1) is 12.5. The second kappa shape index (κ2) is 5.16. The summed E-state index contributed by atoms with van der Waals surface area (Å²) in [5, 5.41) is 0. The quantitative estimate of drug-likeness (QED) is 0.877. The van der Waals surface area contributed by atoms with Crippen molar-refractivity contribution in [1.29, 1.82) is 0 Å². The van der Waals surface area contributed by atoms with E-state index < -0.39 is 10.0 Å². The van der Waals surface area contributed by atoms with Gasteiger partial charge >= 0.3 is 0 Å². The molecular formula is C12H18N2O2S. The molecule has 0 bridgehead atoms. The first-order valence-corrected chi connectivity index (χ1v) is 7.34. The van der Waals surface area contributed by atoms with Crippen molar-refractivity contribution in [3.05, 3.63) is 30.3 Å². The number of hydrogen-bond acceptors (Lipinski definition) is 3. The number of nitrogens with zero attached hydrogens (tertiary/aromatic N) is 1. The number of sulfonamides is 1. The lowest BCUT2D eigenvalue weighted by Gasteiger charge is -2.31. The van der Waals surface area contributed by atoms with E-state index in [0.29, 0.717) is 30.4 Å². The highest BCUT2D eigenvalue weighted by Gasteiger charge is 2.29. The molecule has 4 nitrogen and oxygen atoms in total. The highest BCUT2D eigenvalue weighted by molar-refractivity contribution is 7.89. The Bertz CT molecular complexity index is 459. The average molecular weight is 254 g/mol. The van der Waals surface area contributed by atoms with Gasteiger partial charge in [-0.05, 0) is 37.4 Å². The second-order valence-corrected chi connectivity index (χ2v) is 6.36. The molecule has 1 aliphatic heterocycles. The minimum Gasteiger partial charge on any atom is -0.330 e. The Balaban J connectivity index is 2.21. The van der Waals surface area contributed by atoms with E-state index in [1.807, 2.05) is 6.07 Å². The van der Waals surface area contributed by atoms with Gasteiger partial charge in [0.25, 0.3) is 0 Å². The fourth-order valence-corrected chi connectivity index (χ4v) is 3.75. The summed E-state index contributed by atoms with van der Waals surface area (Å²) in [7, 11) is -3.33. The van der Waals surface area contributed by atoms with Crippen molar-refractivity contribution in [2.75, 3.05) is 19.6 Å². The van der Waals surface area contributed by atoms with Gasteiger partial charge in [-0.2, -0.15) is 4.31 Å². The van der Waals surface area contributed by atoms with Crippen LogP contribution in [-0.4, -0.2) is 32.4 Å². The number of hydrogen-bond donors (Lipinski definition) is 1. The van der Waals surface area contributed by atoms with Crippen molar-refractivity contribution in [1.82, 2.24) is 4.31 Å². The lowest BCUT2D eigenvalue weighted by molar-refractivity contribution is 0.271. The summed E-state index contributed by atoms with van der Waals surface area (Å²) in [5.41, 5.74) is 5.63. The van der Waals surface area contributed by atoms with Crippen molar-refractivity contribution in [2.24, 2.45) is 11.7 Å². The molecule has 1 aromatic carbocycles. The first-order chi connectivity index (χ1) is 8.14. The Labute approximate surface area is 102 Å². The summed E-state index contributed by atoms with van der Waals surface area (Å²) >= 11 is 0. The predicted molar refractivity (Wildman–Crippen MR) is 67.0 cm³/mol. The lowest BCUT2D eigenvalue weighted by atomic mass is 10.0. The molecule has 1 aromatic rings. The molecule has 1 fully saturated rings. The third-order valence-electron chi connectivity index (χ3n) is 3.20. The first-order valence-electron chi connectivity index (χ1n) is 5.90. The summed E-state index contributed by atoms with van der Waals surface area (Å²) in [5.74, 6) is 0.294. The Morgan fingerprint density at radius 1 is 1.29 bits per heavy atom. The summed E-state index contributed by atoms with van der Waals surface area (Å²) in [6.45, 7) is 1.71. The fraction of sp³-hybridized carbons (Fsp3) is 0.500. The van der Waals surface area contributed by atoms with Crippen LogP contribution >= 0.6 is 0 Å². The molecule has 0 spiro atoms. The van der Waals surface area contributed by atoms with Gasteiger partial charge in [0.2, 0.25) is 10.0 Å². The standard InChI is InChI=1S/C12H18N2O2S/c13-9-11-5-4-8-14(10-11)17(15,16)12-6-2-1-3-7-12/h1-3,6-7,11H,4-5,8-10,13H2. The van der Waals surface area contributed by atoms with Crippen molar-refractivity contribution in [2.45, 2.75) is 17.7 Å². The normalized spacial score (nSPS) is 22.5. The van der Waals surface area contributed by atoms with E-state index in [0.717, 1.165) is 12.8 Å². The molecule has 1 heterocycles. The van der Waals surface area contributed by atoms with Gasteiger partial charge in [0.05, 0.1) is 4.90 Å². The van der Waals surface area contributed by atoms with Crippen molar-refractivity contribution in [3.63, 3.8) is 0 Å². The van der Waals surface area contributed by atoms with Gasteiger partial charge in [0, 0.05) is 13.1 Å². The smallest absolute Gasteiger partial charge is 0.243 e. The molecule has 5 heteroatoms. The Hall–Kier alpha value is -0.910. The third-order valence-corrected chi connectivity index (χ3v) is 5.08. The monoisotopic (exact) mass is 254 g/mol. The molecular weight excluding hydrogens is 236 g/mol. The van der Waals surface area contributed by atoms with Crippen LogP contribution in [0, 0.1) is 5.92 Å². The van der Waals surface area contributed by atoms with Gasteiger partial charge in [-0.3, -0.25) is 0 Å². The molecule has 17 heavy (non-hydrogen) atoms. The van der Waals surface area contributed by atoms with Crippen LogP contribution in [0.15, 0.2) is 35.2 Å². The molecule has 1 unspecified atom stereocenters. The topological polar surface area (TPSA) is 63.4 Å². The van der Waals surface area contributed by atoms with Gasteiger partial charge in [0.1, 0.15) is 0 Å². The number of rotatable bonds is 3. The Kier molecular flexibility index (Phi) is 3.81. The van der Waals surface area contributed by atoms with Crippen LogP contribution in [0.5, 0.6) is 0 Å². The highest BCUT2D eigenvalue weighted by atomic mass is 32.2. The summed E-state index contributed by atoms with van der Waals surface area (Å²) in [4.78, 5) is 0.373. The zero-order chi connectivity index (χ0) is 12.3. The maximum Gasteiger partial charge on any atom is 0.243 e. The predicted octanol–water partition coefficient (Wildman–Crippen LogP) is 1.05. The lowest BCUT2D eigenvalue weighted by Crippen LogP contribution is -2.41. The summed E-state index contributed by atoms with van der Waals surface area (Å²) in [6, 6.07) is 8.59. The zero-order valence-electron chi connectivity index (χ0n) is 9.75. The van der Waals surface area contributed by atoms with Crippen LogP contribution in [0.2, 0.25) is 0 Å². The minimum absolute atomic E-state index is 0.294.